The van der Waals surface area contributed by atoms with Crippen LogP contribution in [0.3, 0.4) is 0 Å². The normalized spacial score (nSPS) is 30.9. The van der Waals surface area contributed by atoms with Gasteiger partial charge >= 0.3 is 0 Å². The largest absolute Gasteiger partial charge is 0.376 e. The summed E-state index contributed by atoms with van der Waals surface area (Å²) in [7, 11) is 0. The second kappa shape index (κ2) is 3.79. The lowest BCUT2D eigenvalue weighted by Gasteiger charge is -2.25. The summed E-state index contributed by atoms with van der Waals surface area (Å²) in [4.78, 5) is 4.70. The van der Waals surface area contributed by atoms with E-state index in [1.54, 1.807) is 11.3 Å². The number of thiazole rings is 1. The van der Waals surface area contributed by atoms with Crippen LogP contribution in [0.1, 0.15) is 44.8 Å². The Hall–Kier alpha value is -0.450. The molecule has 4 heteroatoms. The van der Waals surface area contributed by atoms with Gasteiger partial charge in [0.2, 0.25) is 0 Å². The van der Waals surface area contributed by atoms with E-state index in [-0.39, 0.29) is 17.1 Å². The van der Waals surface area contributed by atoms with Crippen LogP contribution < -0.4 is 5.73 Å². The van der Waals surface area contributed by atoms with E-state index in [1.807, 2.05) is 6.92 Å². The molecule has 0 aliphatic carbocycles. The summed E-state index contributed by atoms with van der Waals surface area (Å²) >= 11 is 1.66. The average Bonchev–Trinajstić information content (AvgIpc) is 2.74. The van der Waals surface area contributed by atoms with Crippen molar-refractivity contribution in [3.8, 4) is 0 Å². The number of nitrogens with zero attached hydrogens (tertiary/aromatic N) is 1. The number of ether oxygens (including phenoxy) is 1. The van der Waals surface area contributed by atoms with E-state index in [2.05, 4.69) is 26.2 Å². The molecule has 2 heterocycles. The molecule has 2 unspecified atom stereocenters. The quantitative estimate of drug-likeness (QED) is 0.820. The Bertz CT molecular complexity index is 383. The second-order valence-corrected chi connectivity index (χ2v) is 6.45. The standard InChI is InChI=1S/C12H20N2OS/c1-8-12(13,5-6-15-8)10-14-9(7-16-10)11(2,3)4/h7-8H,5-6,13H2,1-4H3. The smallest absolute Gasteiger partial charge is 0.116 e. The summed E-state index contributed by atoms with van der Waals surface area (Å²) in [6.45, 7) is 9.28. The van der Waals surface area contributed by atoms with Crippen molar-refractivity contribution in [3.63, 3.8) is 0 Å². The third-order valence-corrected chi connectivity index (χ3v) is 4.32. The molecule has 1 aliphatic heterocycles. The first-order valence-electron chi connectivity index (χ1n) is 5.71. The summed E-state index contributed by atoms with van der Waals surface area (Å²) in [6, 6.07) is 0. The predicted octanol–water partition coefficient (Wildman–Crippen LogP) is 2.40. The van der Waals surface area contributed by atoms with Gasteiger partial charge in [0.15, 0.2) is 0 Å². The fourth-order valence-electron chi connectivity index (χ4n) is 1.87. The fraction of sp³-hybridized carbons (Fsp3) is 0.750. The van der Waals surface area contributed by atoms with Gasteiger partial charge in [-0.1, -0.05) is 20.8 Å². The molecule has 1 aromatic rings. The Morgan fingerprint density at radius 1 is 1.56 bits per heavy atom. The van der Waals surface area contributed by atoms with Gasteiger partial charge in [-0.2, -0.15) is 0 Å². The molecular formula is C12H20N2OS. The highest BCUT2D eigenvalue weighted by Crippen LogP contribution is 2.36. The van der Waals surface area contributed by atoms with Gasteiger partial charge in [-0.05, 0) is 13.3 Å². The molecule has 1 saturated heterocycles. The van der Waals surface area contributed by atoms with Crippen molar-refractivity contribution < 1.29 is 4.74 Å². The van der Waals surface area contributed by atoms with Crippen molar-refractivity contribution >= 4 is 11.3 Å². The predicted molar refractivity (Wildman–Crippen MR) is 66.7 cm³/mol. The van der Waals surface area contributed by atoms with Crippen LogP contribution in [0.5, 0.6) is 0 Å². The van der Waals surface area contributed by atoms with E-state index in [4.69, 9.17) is 15.5 Å². The van der Waals surface area contributed by atoms with E-state index in [9.17, 15) is 0 Å². The molecule has 2 atom stereocenters. The summed E-state index contributed by atoms with van der Waals surface area (Å²) < 4.78 is 5.56. The Labute approximate surface area is 101 Å². The van der Waals surface area contributed by atoms with Gasteiger partial charge in [-0.3, -0.25) is 0 Å². The van der Waals surface area contributed by atoms with Gasteiger partial charge in [-0.15, -0.1) is 11.3 Å². The number of hydrogen-bond acceptors (Lipinski definition) is 4. The lowest BCUT2D eigenvalue weighted by Crippen LogP contribution is -2.42. The molecule has 16 heavy (non-hydrogen) atoms. The Morgan fingerprint density at radius 3 is 2.69 bits per heavy atom. The summed E-state index contributed by atoms with van der Waals surface area (Å²) in [5, 5.41) is 3.14. The van der Waals surface area contributed by atoms with Crippen LogP contribution >= 0.6 is 11.3 Å². The SMILES string of the molecule is CC1OCCC1(N)c1nc(C(C)(C)C)cs1. The molecule has 1 fully saturated rings. The Kier molecular flexibility index (Phi) is 2.85. The molecule has 90 valence electrons. The first-order chi connectivity index (χ1) is 7.34. The molecule has 1 aliphatic rings. The number of nitrogens with two attached hydrogens (primary N) is 1. The molecule has 0 radical (unpaired) electrons. The maximum absolute atomic E-state index is 6.40. The highest BCUT2D eigenvalue weighted by atomic mass is 32.1. The zero-order valence-corrected chi connectivity index (χ0v) is 11.2. The molecular weight excluding hydrogens is 220 g/mol. The third kappa shape index (κ3) is 1.90. The Balaban J connectivity index is 2.32. The van der Waals surface area contributed by atoms with Gasteiger partial charge in [-0.25, -0.2) is 4.98 Å². The number of aromatic nitrogens is 1. The molecule has 0 spiro atoms. The maximum atomic E-state index is 6.40. The van der Waals surface area contributed by atoms with E-state index in [1.165, 1.54) is 0 Å². The minimum atomic E-state index is -0.381. The lowest BCUT2D eigenvalue weighted by molar-refractivity contribution is 0.0950. The highest BCUT2D eigenvalue weighted by molar-refractivity contribution is 7.09. The van der Waals surface area contributed by atoms with Gasteiger partial charge in [0.05, 0.1) is 17.3 Å². The number of rotatable bonds is 1. The first-order valence-corrected chi connectivity index (χ1v) is 6.59. The minimum absolute atomic E-state index is 0.0615. The zero-order valence-electron chi connectivity index (χ0n) is 10.4. The minimum Gasteiger partial charge on any atom is -0.376 e. The van der Waals surface area contributed by atoms with Gasteiger partial charge in [0, 0.05) is 17.4 Å². The van der Waals surface area contributed by atoms with Crippen LogP contribution in [-0.4, -0.2) is 17.7 Å². The maximum Gasteiger partial charge on any atom is 0.116 e. The van der Waals surface area contributed by atoms with Crippen molar-refractivity contribution in [3.05, 3.63) is 16.1 Å². The van der Waals surface area contributed by atoms with Crippen LogP contribution in [0.15, 0.2) is 5.38 Å². The van der Waals surface area contributed by atoms with Crippen molar-refractivity contribution in [1.29, 1.82) is 0 Å². The van der Waals surface area contributed by atoms with Crippen LogP contribution in [-0.2, 0) is 15.7 Å². The van der Waals surface area contributed by atoms with Crippen LogP contribution in [0, 0.1) is 0 Å². The van der Waals surface area contributed by atoms with Crippen molar-refractivity contribution in [2.75, 3.05) is 6.61 Å². The molecule has 0 amide bonds. The molecule has 1 aromatic heterocycles. The fourth-order valence-corrected chi connectivity index (χ4v) is 3.14. The van der Waals surface area contributed by atoms with Crippen LogP contribution in [0.25, 0.3) is 0 Å². The van der Waals surface area contributed by atoms with E-state index in [0.29, 0.717) is 0 Å². The molecule has 0 aromatic carbocycles. The summed E-state index contributed by atoms with van der Waals surface area (Å²) in [6.07, 6.45) is 0.928. The van der Waals surface area contributed by atoms with Crippen LogP contribution in [0.2, 0.25) is 0 Å². The van der Waals surface area contributed by atoms with E-state index < -0.39 is 0 Å². The monoisotopic (exact) mass is 240 g/mol. The summed E-state index contributed by atoms with van der Waals surface area (Å²) in [5.41, 5.74) is 7.24. The zero-order chi connectivity index (χ0) is 12.0. The van der Waals surface area contributed by atoms with Crippen LogP contribution in [0.4, 0.5) is 0 Å². The second-order valence-electron chi connectivity index (χ2n) is 5.59. The topological polar surface area (TPSA) is 48.1 Å². The molecule has 0 bridgehead atoms. The van der Waals surface area contributed by atoms with Gasteiger partial charge in [0.1, 0.15) is 5.01 Å². The summed E-state index contributed by atoms with van der Waals surface area (Å²) in [5.74, 6) is 0. The van der Waals surface area contributed by atoms with Gasteiger partial charge in [0.25, 0.3) is 0 Å². The molecule has 3 nitrogen and oxygen atoms in total. The molecule has 2 rings (SSSR count). The van der Waals surface area contributed by atoms with Crippen molar-refractivity contribution in [2.24, 2.45) is 5.73 Å². The number of hydrogen-bond donors (Lipinski definition) is 1. The van der Waals surface area contributed by atoms with Gasteiger partial charge < -0.3 is 10.5 Å². The van der Waals surface area contributed by atoms with E-state index >= 15 is 0 Å². The average molecular weight is 240 g/mol. The molecule has 0 saturated carbocycles. The van der Waals surface area contributed by atoms with E-state index in [0.717, 1.165) is 23.7 Å². The highest BCUT2D eigenvalue weighted by Gasteiger charge is 2.42. The van der Waals surface area contributed by atoms with Crippen molar-refractivity contribution in [2.45, 2.75) is 51.2 Å². The molecule has 2 N–H and O–H groups in total. The first kappa shape index (κ1) is 12.0. The lowest BCUT2D eigenvalue weighted by atomic mass is 9.92. The Morgan fingerprint density at radius 2 is 2.25 bits per heavy atom. The third-order valence-electron chi connectivity index (χ3n) is 3.28. The van der Waals surface area contributed by atoms with Crippen molar-refractivity contribution in [1.82, 2.24) is 4.98 Å².